The molecule has 1 fully saturated rings. The van der Waals surface area contributed by atoms with Crippen LogP contribution in [-0.2, 0) is 0 Å². The number of para-hydroxylation sites is 1. The van der Waals surface area contributed by atoms with Crippen molar-refractivity contribution >= 4 is 0 Å². The van der Waals surface area contributed by atoms with Crippen molar-refractivity contribution < 1.29 is 4.74 Å². The lowest BCUT2D eigenvalue weighted by Crippen LogP contribution is -2.36. The van der Waals surface area contributed by atoms with Gasteiger partial charge in [-0.05, 0) is 39.7 Å². The van der Waals surface area contributed by atoms with Crippen LogP contribution in [0.3, 0.4) is 0 Å². The van der Waals surface area contributed by atoms with E-state index in [0.717, 1.165) is 5.75 Å². The normalized spacial score (nSPS) is 17.9. The fourth-order valence-corrected chi connectivity index (χ4v) is 2.22. The molecule has 1 unspecified atom stereocenters. The van der Waals surface area contributed by atoms with Crippen molar-refractivity contribution in [1.29, 1.82) is 0 Å². The summed E-state index contributed by atoms with van der Waals surface area (Å²) in [6.45, 7) is 6.36. The molecular weight excluding hydrogens is 210 g/mol. The van der Waals surface area contributed by atoms with Crippen molar-refractivity contribution in [1.82, 2.24) is 5.32 Å². The summed E-state index contributed by atoms with van der Waals surface area (Å²) in [5.74, 6) is 1.02. The molecular formula is C15H23NO. The molecule has 94 valence electrons. The Bertz CT molecular complexity index is 358. The summed E-state index contributed by atoms with van der Waals surface area (Å²) in [5.41, 5.74) is 1.27. The third-order valence-electron chi connectivity index (χ3n) is 3.34. The molecule has 2 heteroatoms. The average Bonchev–Trinajstić information content (AvgIpc) is 2.23. The van der Waals surface area contributed by atoms with Gasteiger partial charge in [-0.25, -0.2) is 0 Å². The van der Waals surface area contributed by atoms with Gasteiger partial charge in [0.2, 0.25) is 0 Å². The topological polar surface area (TPSA) is 21.3 Å². The molecule has 1 atom stereocenters. The summed E-state index contributed by atoms with van der Waals surface area (Å²) >= 11 is 0. The Morgan fingerprint density at radius 3 is 2.47 bits per heavy atom. The standard InChI is InChI=1S/C15H23NO/c1-11(2)17-15-10-5-4-9-14(15)12(3)16-13-7-6-8-13/h4-5,9-13,16H,6-8H2,1-3H3. The molecule has 1 saturated carbocycles. The second kappa shape index (κ2) is 5.54. The number of ether oxygens (including phenoxy) is 1. The van der Waals surface area contributed by atoms with Gasteiger partial charge in [-0.3, -0.25) is 0 Å². The molecule has 2 nitrogen and oxygen atoms in total. The molecule has 0 aromatic heterocycles. The quantitative estimate of drug-likeness (QED) is 0.837. The number of hydrogen-bond acceptors (Lipinski definition) is 2. The largest absolute Gasteiger partial charge is 0.491 e. The molecule has 0 spiro atoms. The number of rotatable bonds is 5. The zero-order chi connectivity index (χ0) is 12.3. The molecule has 1 aliphatic rings. The highest BCUT2D eigenvalue weighted by molar-refractivity contribution is 5.35. The van der Waals surface area contributed by atoms with Gasteiger partial charge in [0.05, 0.1) is 6.10 Å². The molecule has 0 bridgehead atoms. The van der Waals surface area contributed by atoms with E-state index in [1.807, 2.05) is 6.07 Å². The molecule has 1 N–H and O–H groups in total. The van der Waals surface area contributed by atoms with Crippen LogP contribution in [0.5, 0.6) is 5.75 Å². The molecule has 1 aromatic carbocycles. The Morgan fingerprint density at radius 2 is 1.88 bits per heavy atom. The molecule has 1 aromatic rings. The van der Waals surface area contributed by atoms with Crippen LogP contribution in [0.4, 0.5) is 0 Å². The summed E-state index contributed by atoms with van der Waals surface area (Å²) in [4.78, 5) is 0. The maximum atomic E-state index is 5.86. The van der Waals surface area contributed by atoms with Gasteiger partial charge in [0.15, 0.2) is 0 Å². The zero-order valence-corrected chi connectivity index (χ0v) is 11.1. The molecule has 0 radical (unpaired) electrons. The molecule has 0 heterocycles. The Hall–Kier alpha value is -1.02. The lowest BCUT2D eigenvalue weighted by Gasteiger charge is -2.31. The summed E-state index contributed by atoms with van der Waals surface area (Å²) in [5, 5.41) is 3.67. The van der Waals surface area contributed by atoms with E-state index in [0.29, 0.717) is 12.1 Å². The van der Waals surface area contributed by atoms with Crippen LogP contribution >= 0.6 is 0 Å². The number of hydrogen-bond donors (Lipinski definition) is 1. The van der Waals surface area contributed by atoms with Crippen LogP contribution in [-0.4, -0.2) is 12.1 Å². The van der Waals surface area contributed by atoms with E-state index in [1.165, 1.54) is 24.8 Å². The molecule has 0 amide bonds. The SMILES string of the molecule is CC(C)Oc1ccccc1C(C)NC1CCC1. The van der Waals surface area contributed by atoms with Crippen molar-refractivity contribution in [3.05, 3.63) is 29.8 Å². The first-order valence-electron chi connectivity index (χ1n) is 6.68. The van der Waals surface area contributed by atoms with E-state index in [1.54, 1.807) is 0 Å². The highest BCUT2D eigenvalue weighted by Crippen LogP contribution is 2.28. The Morgan fingerprint density at radius 1 is 1.18 bits per heavy atom. The van der Waals surface area contributed by atoms with Crippen LogP contribution in [0, 0.1) is 0 Å². The van der Waals surface area contributed by atoms with E-state index in [4.69, 9.17) is 4.74 Å². The molecule has 2 rings (SSSR count). The lowest BCUT2D eigenvalue weighted by molar-refractivity contribution is 0.235. The number of nitrogens with one attached hydrogen (secondary N) is 1. The van der Waals surface area contributed by atoms with Crippen molar-refractivity contribution in [2.24, 2.45) is 0 Å². The van der Waals surface area contributed by atoms with E-state index >= 15 is 0 Å². The third kappa shape index (κ3) is 3.22. The van der Waals surface area contributed by atoms with Gasteiger partial charge in [0.1, 0.15) is 5.75 Å². The van der Waals surface area contributed by atoms with Crippen molar-refractivity contribution in [2.75, 3.05) is 0 Å². The van der Waals surface area contributed by atoms with Gasteiger partial charge in [0.25, 0.3) is 0 Å². The predicted molar refractivity (Wildman–Crippen MR) is 71.4 cm³/mol. The van der Waals surface area contributed by atoms with Gasteiger partial charge in [0, 0.05) is 17.6 Å². The van der Waals surface area contributed by atoms with Crippen molar-refractivity contribution in [3.63, 3.8) is 0 Å². The minimum atomic E-state index is 0.229. The number of benzene rings is 1. The maximum Gasteiger partial charge on any atom is 0.124 e. The van der Waals surface area contributed by atoms with E-state index in [2.05, 4.69) is 44.3 Å². The van der Waals surface area contributed by atoms with Gasteiger partial charge < -0.3 is 10.1 Å². The van der Waals surface area contributed by atoms with Crippen molar-refractivity contribution in [3.8, 4) is 5.75 Å². The fourth-order valence-electron chi connectivity index (χ4n) is 2.22. The lowest BCUT2D eigenvalue weighted by atomic mass is 9.91. The van der Waals surface area contributed by atoms with Crippen LogP contribution in [0.1, 0.15) is 51.6 Å². The highest BCUT2D eigenvalue weighted by atomic mass is 16.5. The van der Waals surface area contributed by atoms with Crippen LogP contribution in [0.15, 0.2) is 24.3 Å². The molecule has 17 heavy (non-hydrogen) atoms. The smallest absolute Gasteiger partial charge is 0.124 e. The summed E-state index contributed by atoms with van der Waals surface area (Å²) in [6, 6.07) is 9.42. The fraction of sp³-hybridized carbons (Fsp3) is 0.600. The highest BCUT2D eigenvalue weighted by Gasteiger charge is 2.21. The Balaban J connectivity index is 2.06. The van der Waals surface area contributed by atoms with Gasteiger partial charge >= 0.3 is 0 Å². The summed E-state index contributed by atoms with van der Waals surface area (Å²) in [7, 11) is 0. The Kier molecular flexibility index (Phi) is 4.06. The predicted octanol–water partition coefficient (Wildman–Crippen LogP) is 3.68. The Labute approximate surface area is 104 Å². The first kappa shape index (κ1) is 12.4. The third-order valence-corrected chi connectivity index (χ3v) is 3.34. The van der Waals surface area contributed by atoms with E-state index in [9.17, 15) is 0 Å². The monoisotopic (exact) mass is 233 g/mol. The summed E-state index contributed by atoms with van der Waals surface area (Å²) < 4.78 is 5.86. The van der Waals surface area contributed by atoms with E-state index < -0.39 is 0 Å². The molecule has 1 aliphatic carbocycles. The van der Waals surface area contributed by atoms with Gasteiger partial charge in [-0.1, -0.05) is 24.6 Å². The first-order chi connectivity index (χ1) is 8.16. The average molecular weight is 233 g/mol. The van der Waals surface area contributed by atoms with Crippen LogP contribution < -0.4 is 10.1 Å². The zero-order valence-electron chi connectivity index (χ0n) is 11.1. The summed E-state index contributed by atoms with van der Waals surface area (Å²) in [6.07, 6.45) is 4.23. The maximum absolute atomic E-state index is 5.86. The minimum Gasteiger partial charge on any atom is -0.491 e. The van der Waals surface area contributed by atoms with Crippen LogP contribution in [0.25, 0.3) is 0 Å². The second-order valence-corrected chi connectivity index (χ2v) is 5.22. The van der Waals surface area contributed by atoms with Crippen molar-refractivity contribution in [2.45, 2.75) is 58.2 Å². The van der Waals surface area contributed by atoms with Gasteiger partial charge in [-0.2, -0.15) is 0 Å². The first-order valence-corrected chi connectivity index (χ1v) is 6.68. The van der Waals surface area contributed by atoms with Crippen LogP contribution in [0.2, 0.25) is 0 Å². The van der Waals surface area contributed by atoms with Gasteiger partial charge in [-0.15, -0.1) is 0 Å². The second-order valence-electron chi connectivity index (χ2n) is 5.22. The van der Waals surface area contributed by atoms with E-state index in [-0.39, 0.29) is 6.10 Å². The molecule has 0 aliphatic heterocycles. The minimum absolute atomic E-state index is 0.229. The molecule has 0 saturated heterocycles.